The van der Waals surface area contributed by atoms with Crippen molar-refractivity contribution in [3.63, 3.8) is 0 Å². The van der Waals surface area contributed by atoms with Crippen LogP contribution < -0.4 is 4.90 Å². The molecule has 0 N–H and O–H groups in total. The number of carbonyl (C=O) groups excluding carboxylic acids is 3. The highest BCUT2D eigenvalue weighted by Crippen LogP contribution is 2.15. The second-order valence-corrected chi connectivity index (χ2v) is 4.31. The molecule has 0 fully saturated rings. The Hall–Kier alpha value is -2.17. The third-order valence-electron chi connectivity index (χ3n) is 2.61. The number of amides is 1. The topological polar surface area (TPSA) is 63.7 Å². The van der Waals surface area contributed by atoms with Gasteiger partial charge >= 0.3 is 5.97 Å². The number of hydrogen-bond acceptors (Lipinski definition) is 4. The highest BCUT2D eigenvalue weighted by Gasteiger charge is 2.18. The van der Waals surface area contributed by atoms with Crippen LogP contribution in [0.2, 0.25) is 0 Å². The molecule has 0 spiro atoms. The molecule has 1 aromatic carbocycles. The van der Waals surface area contributed by atoms with Gasteiger partial charge in [-0.1, -0.05) is 18.2 Å². The van der Waals surface area contributed by atoms with Gasteiger partial charge in [0.1, 0.15) is 5.78 Å². The van der Waals surface area contributed by atoms with Gasteiger partial charge in [0.05, 0.1) is 19.4 Å². The minimum absolute atomic E-state index is 0.104. The van der Waals surface area contributed by atoms with Crippen molar-refractivity contribution < 1.29 is 19.1 Å². The number of anilines is 1. The smallest absolute Gasteiger partial charge is 0.307 e. The second-order valence-electron chi connectivity index (χ2n) is 4.31. The molecule has 0 aromatic heterocycles. The molecule has 0 atom stereocenters. The molecule has 1 rings (SSSR count). The fourth-order valence-corrected chi connectivity index (χ4v) is 1.75. The van der Waals surface area contributed by atoms with Gasteiger partial charge in [0.25, 0.3) is 0 Å². The molecule has 0 heterocycles. The average Bonchev–Trinajstić information content (AvgIpc) is 2.39. The summed E-state index contributed by atoms with van der Waals surface area (Å²) in [6, 6.07) is 8.97. The van der Waals surface area contributed by atoms with Crippen LogP contribution in [0.1, 0.15) is 26.7 Å². The van der Waals surface area contributed by atoms with Crippen LogP contribution in [0.3, 0.4) is 0 Å². The SMILES string of the molecule is CCOC(=O)CCN(C(=O)CC(C)=O)c1ccccc1. The molecule has 0 saturated carbocycles. The standard InChI is InChI=1S/C15H19NO4/c1-3-20-15(19)9-10-16(14(18)11-12(2)17)13-7-5-4-6-8-13/h4-8H,3,9-11H2,1-2H3. The lowest BCUT2D eigenvalue weighted by Crippen LogP contribution is -2.34. The molecule has 1 aromatic rings. The minimum Gasteiger partial charge on any atom is -0.466 e. The Morgan fingerprint density at radius 2 is 1.80 bits per heavy atom. The van der Waals surface area contributed by atoms with Crippen molar-refractivity contribution in [2.75, 3.05) is 18.1 Å². The Morgan fingerprint density at radius 3 is 2.35 bits per heavy atom. The lowest BCUT2D eigenvalue weighted by Gasteiger charge is -2.22. The molecule has 0 saturated heterocycles. The molecule has 0 aliphatic carbocycles. The van der Waals surface area contributed by atoms with E-state index in [1.54, 1.807) is 31.2 Å². The fraction of sp³-hybridized carbons (Fsp3) is 0.400. The van der Waals surface area contributed by atoms with Crippen molar-refractivity contribution >= 4 is 23.3 Å². The van der Waals surface area contributed by atoms with E-state index in [1.807, 2.05) is 6.07 Å². The Kier molecular flexibility index (Phi) is 6.43. The third kappa shape index (κ3) is 5.22. The first kappa shape index (κ1) is 15.9. The average molecular weight is 277 g/mol. The van der Waals surface area contributed by atoms with Gasteiger partial charge in [-0.2, -0.15) is 0 Å². The molecular formula is C15H19NO4. The van der Waals surface area contributed by atoms with E-state index in [0.29, 0.717) is 12.3 Å². The fourth-order valence-electron chi connectivity index (χ4n) is 1.75. The largest absolute Gasteiger partial charge is 0.466 e. The van der Waals surface area contributed by atoms with E-state index in [0.717, 1.165) is 0 Å². The zero-order chi connectivity index (χ0) is 15.0. The first-order chi connectivity index (χ1) is 9.54. The van der Waals surface area contributed by atoms with Crippen LogP contribution >= 0.6 is 0 Å². The number of ketones is 1. The second kappa shape index (κ2) is 8.09. The highest BCUT2D eigenvalue weighted by atomic mass is 16.5. The molecule has 0 aliphatic heterocycles. The van der Waals surface area contributed by atoms with Crippen molar-refractivity contribution in [3.8, 4) is 0 Å². The van der Waals surface area contributed by atoms with Crippen LogP contribution in [0, 0.1) is 0 Å². The van der Waals surface area contributed by atoms with Gasteiger partial charge in [0.15, 0.2) is 0 Å². The van der Waals surface area contributed by atoms with Crippen LogP contribution in [0.15, 0.2) is 30.3 Å². The summed E-state index contributed by atoms with van der Waals surface area (Å²) in [5, 5.41) is 0. The summed E-state index contributed by atoms with van der Waals surface area (Å²) in [7, 11) is 0. The summed E-state index contributed by atoms with van der Waals surface area (Å²) in [5.41, 5.74) is 0.669. The molecule has 5 heteroatoms. The summed E-state index contributed by atoms with van der Waals surface area (Å²) in [6.45, 7) is 3.61. The Labute approximate surface area is 118 Å². The van der Waals surface area contributed by atoms with Crippen molar-refractivity contribution in [3.05, 3.63) is 30.3 Å². The molecular weight excluding hydrogens is 258 g/mol. The van der Waals surface area contributed by atoms with Gasteiger partial charge in [0.2, 0.25) is 5.91 Å². The number of rotatable bonds is 7. The summed E-state index contributed by atoms with van der Waals surface area (Å²) in [6.07, 6.45) is -0.0654. The van der Waals surface area contributed by atoms with Crippen molar-refractivity contribution in [2.45, 2.75) is 26.7 Å². The van der Waals surface area contributed by atoms with Gasteiger partial charge in [-0.05, 0) is 26.0 Å². The van der Waals surface area contributed by atoms with Crippen molar-refractivity contribution in [1.82, 2.24) is 0 Å². The Bertz CT molecular complexity index is 470. The van der Waals surface area contributed by atoms with Crippen LogP contribution in [0.25, 0.3) is 0 Å². The van der Waals surface area contributed by atoms with E-state index in [1.165, 1.54) is 11.8 Å². The first-order valence-corrected chi connectivity index (χ1v) is 6.55. The third-order valence-corrected chi connectivity index (χ3v) is 2.61. The quantitative estimate of drug-likeness (QED) is 0.564. The Morgan fingerprint density at radius 1 is 1.15 bits per heavy atom. The van der Waals surface area contributed by atoms with E-state index in [9.17, 15) is 14.4 Å². The van der Waals surface area contributed by atoms with Crippen LogP contribution in [0.5, 0.6) is 0 Å². The number of carbonyl (C=O) groups is 3. The normalized spacial score (nSPS) is 9.90. The maximum atomic E-state index is 12.1. The summed E-state index contributed by atoms with van der Waals surface area (Å²) < 4.78 is 4.85. The molecule has 108 valence electrons. The number of benzene rings is 1. The van der Waals surface area contributed by atoms with Crippen molar-refractivity contribution in [2.24, 2.45) is 0 Å². The number of Topliss-reactive ketones (excluding diaryl/α,β-unsaturated/α-hetero) is 1. The lowest BCUT2D eigenvalue weighted by atomic mass is 10.2. The monoisotopic (exact) mass is 277 g/mol. The van der Waals surface area contributed by atoms with E-state index in [2.05, 4.69) is 0 Å². The van der Waals surface area contributed by atoms with Crippen molar-refractivity contribution in [1.29, 1.82) is 0 Å². The molecule has 5 nitrogen and oxygen atoms in total. The Balaban J connectivity index is 2.77. The summed E-state index contributed by atoms with van der Waals surface area (Å²) >= 11 is 0. The molecule has 0 radical (unpaired) electrons. The maximum Gasteiger partial charge on any atom is 0.307 e. The molecule has 0 bridgehead atoms. The summed E-state index contributed by atoms with van der Waals surface area (Å²) in [4.78, 5) is 36.0. The number of nitrogens with zero attached hydrogens (tertiary/aromatic N) is 1. The van der Waals surface area contributed by atoms with Gasteiger partial charge in [0, 0.05) is 12.2 Å². The number of hydrogen-bond donors (Lipinski definition) is 0. The number of ether oxygens (including phenoxy) is 1. The van der Waals surface area contributed by atoms with Gasteiger partial charge in [-0.3, -0.25) is 14.4 Å². The van der Waals surface area contributed by atoms with Gasteiger partial charge in [-0.15, -0.1) is 0 Å². The van der Waals surface area contributed by atoms with Crippen LogP contribution in [-0.4, -0.2) is 30.8 Å². The first-order valence-electron chi connectivity index (χ1n) is 6.55. The molecule has 1 amide bonds. The van der Waals surface area contributed by atoms with Crippen LogP contribution in [0.4, 0.5) is 5.69 Å². The number of para-hydroxylation sites is 1. The minimum atomic E-state index is -0.357. The van der Waals surface area contributed by atoms with E-state index < -0.39 is 0 Å². The highest BCUT2D eigenvalue weighted by molar-refractivity contribution is 6.05. The zero-order valence-corrected chi connectivity index (χ0v) is 11.8. The molecule has 0 aliphatic rings. The predicted molar refractivity (Wildman–Crippen MR) is 75.3 cm³/mol. The van der Waals surface area contributed by atoms with Gasteiger partial charge in [-0.25, -0.2) is 0 Å². The number of esters is 1. The van der Waals surface area contributed by atoms with E-state index in [-0.39, 0.29) is 37.0 Å². The maximum absolute atomic E-state index is 12.1. The molecule has 20 heavy (non-hydrogen) atoms. The van der Waals surface area contributed by atoms with Gasteiger partial charge < -0.3 is 9.64 Å². The summed E-state index contributed by atoms with van der Waals surface area (Å²) in [5.74, 6) is -0.871. The van der Waals surface area contributed by atoms with Crippen LogP contribution in [-0.2, 0) is 19.1 Å². The zero-order valence-electron chi connectivity index (χ0n) is 11.8. The van der Waals surface area contributed by atoms with E-state index >= 15 is 0 Å². The lowest BCUT2D eigenvalue weighted by molar-refractivity contribution is -0.142. The predicted octanol–water partition coefficient (Wildman–Crippen LogP) is 1.95. The molecule has 0 unspecified atom stereocenters. The van der Waals surface area contributed by atoms with E-state index in [4.69, 9.17) is 4.74 Å².